The van der Waals surface area contributed by atoms with E-state index in [0.717, 1.165) is 31.7 Å². The molecule has 0 saturated heterocycles. The molecule has 2 aromatic rings. The van der Waals surface area contributed by atoms with Gasteiger partial charge in [0.05, 0.1) is 16.6 Å². The number of hydrogen-bond donors (Lipinski definition) is 1. The van der Waals surface area contributed by atoms with Crippen LogP contribution in [0.2, 0.25) is 4.34 Å². The summed E-state index contributed by atoms with van der Waals surface area (Å²) >= 11 is 10.9. The van der Waals surface area contributed by atoms with Gasteiger partial charge in [-0.15, -0.1) is 11.3 Å². The van der Waals surface area contributed by atoms with Crippen LogP contribution < -0.4 is 10.1 Å². The molecule has 0 aliphatic carbocycles. The molecule has 17 heavy (non-hydrogen) atoms. The first-order valence-electron chi connectivity index (χ1n) is 5.18. The van der Waals surface area contributed by atoms with Crippen LogP contribution >= 0.6 is 38.9 Å². The van der Waals surface area contributed by atoms with Crippen LogP contribution in [0.4, 0.5) is 5.69 Å². The molecule has 0 radical (unpaired) electrons. The molecule has 1 N–H and O–H groups in total. The Morgan fingerprint density at radius 1 is 1.35 bits per heavy atom. The van der Waals surface area contributed by atoms with Gasteiger partial charge in [-0.3, -0.25) is 0 Å². The molecule has 3 rings (SSSR count). The summed E-state index contributed by atoms with van der Waals surface area (Å²) in [5, 5.41) is 3.37. The number of halogens is 2. The molecule has 0 amide bonds. The zero-order valence-electron chi connectivity index (χ0n) is 8.74. The van der Waals surface area contributed by atoms with Gasteiger partial charge in [-0.05, 0) is 30.3 Å². The molecule has 2 nitrogen and oxygen atoms in total. The Morgan fingerprint density at radius 2 is 2.24 bits per heavy atom. The Morgan fingerprint density at radius 3 is 3.00 bits per heavy atom. The molecule has 1 aliphatic rings. The quantitative estimate of drug-likeness (QED) is 0.817. The van der Waals surface area contributed by atoms with Crippen molar-refractivity contribution in [3.63, 3.8) is 0 Å². The summed E-state index contributed by atoms with van der Waals surface area (Å²) in [5.41, 5.74) is 1.03. The van der Waals surface area contributed by atoms with Crippen LogP contribution in [0.1, 0.15) is 11.0 Å². The summed E-state index contributed by atoms with van der Waals surface area (Å²) in [4.78, 5) is 1.15. The van der Waals surface area contributed by atoms with Crippen LogP contribution in [0.5, 0.6) is 5.75 Å². The second-order valence-corrected chi connectivity index (χ2v) is 6.43. The number of thiophene rings is 1. The maximum Gasteiger partial charge on any atom is 0.150 e. The van der Waals surface area contributed by atoms with E-state index >= 15 is 0 Å². The lowest BCUT2D eigenvalue weighted by atomic mass is 10.2. The van der Waals surface area contributed by atoms with Crippen molar-refractivity contribution in [3.05, 3.63) is 44.0 Å². The molecule has 1 aromatic carbocycles. The van der Waals surface area contributed by atoms with E-state index < -0.39 is 0 Å². The third kappa shape index (κ3) is 2.30. The molecule has 1 unspecified atom stereocenters. The SMILES string of the molecule is Clc1ccc(C2CNc3cc(Br)ccc3O2)s1. The van der Waals surface area contributed by atoms with Crippen molar-refractivity contribution < 1.29 is 4.74 Å². The fourth-order valence-electron chi connectivity index (χ4n) is 1.80. The molecular weight excluding hydrogens is 322 g/mol. The largest absolute Gasteiger partial charge is 0.481 e. The zero-order valence-corrected chi connectivity index (χ0v) is 11.9. The van der Waals surface area contributed by atoms with Gasteiger partial charge in [0, 0.05) is 9.35 Å². The lowest BCUT2D eigenvalue weighted by Gasteiger charge is -2.26. The average Bonchev–Trinajstić information content (AvgIpc) is 2.75. The fourth-order valence-corrected chi connectivity index (χ4v) is 3.25. The summed E-state index contributed by atoms with van der Waals surface area (Å²) in [6.45, 7) is 0.764. The van der Waals surface area contributed by atoms with Gasteiger partial charge < -0.3 is 10.1 Å². The van der Waals surface area contributed by atoms with Crippen molar-refractivity contribution in [1.82, 2.24) is 0 Å². The van der Waals surface area contributed by atoms with E-state index in [0.29, 0.717) is 0 Å². The fraction of sp³-hybridized carbons (Fsp3) is 0.167. The van der Waals surface area contributed by atoms with Crippen LogP contribution in [-0.4, -0.2) is 6.54 Å². The minimum Gasteiger partial charge on any atom is -0.481 e. The van der Waals surface area contributed by atoms with E-state index in [4.69, 9.17) is 16.3 Å². The summed E-state index contributed by atoms with van der Waals surface area (Å²) in [7, 11) is 0. The second-order valence-electron chi connectivity index (χ2n) is 3.77. The molecule has 0 spiro atoms. The average molecular weight is 331 g/mol. The Labute approximate surface area is 117 Å². The van der Waals surface area contributed by atoms with Gasteiger partial charge in [-0.25, -0.2) is 0 Å². The molecule has 88 valence electrons. The molecule has 1 atom stereocenters. The van der Waals surface area contributed by atoms with Gasteiger partial charge in [0.15, 0.2) is 6.10 Å². The lowest BCUT2D eigenvalue weighted by molar-refractivity contribution is 0.214. The number of rotatable bonds is 1. The Bertz CT molecular complexity index is 557. The molecule has 0 fully saturated rings. The summed E-state index contributed by atoms with van der Waals surface area (Å²) in [6, 6.07) is 9.89. The maximum atomic E-state index is 5.95. The molecule has 5 heteroatoms. The van der Waals surface area contributed by atoms with Gasteiger partial charge in [0.2, 0.25) is 0 Å². The van der Waals surface area contributed by atoms with Gasteiger partial charge in [-0.2, -0.15) is 0 Å². The van der Waals surface area contributed by atoms with Crippen LogP contribution in [0, 0.1) is 0 Å². The second kappa shape index (κ2) is 4.52. The van der Waals surface area contributed by atoms with Crippen molar-refractivity contribution in [2.75, 3.05) is 11.9 Å². The predicted octanol–water partition coefficient (Wildman–Crippen LogP) is 4.71. The monoisotopic (exact) mass is 329 g/mol. The highest BCUT2D eigenvalue weighted by Crippen LogP contribution is 2.38. The predicted molar refractivity (Wildman–Crippen MR) is 75.3 cm³/mol. The number of fused-ring (bicyclic) bond motifs is 1. The number of benzene rings is 1. The maximum absolute atomic E-state index is 5.95. The first-order chi connectivity index (χ1) is 8.22. The van der Waals surface area contributed by atoms with Gasteiger partial charge in [0.1, 0.15) is 5.75 Å². The van der Waals surface area contributed by atoms with E-state index in [2.05, 4.69) is 21.2 Å². The van der Waals surface area contributed by atoms with Crippen LogP contribution in [0.25, 0.3) is 0 Å². The Hall–Kier alpha value is -0.710. The van der Waals surface area contributed by atoms with E-state index in [1.165, 1.54) is 0 Å². The van der Waals surface area contributed by atoms with Gasteiger partial charge in [0.25, 0.3) is 0 Å². The summed E-state index contributed by atoms with van der Waals surface area (Å²) in [5.74, 6) is 0.883. The van der Waals surface area contributed by atoms with Crippen molar-refractivity contribution in [3.8, 4) is 5.75 Å². The molecule has 0 bridgehead atoms. The Balaban J connectivity index is 1.88. The summed E-state index contributed by atoms with van der Waals surface area (Å²) in [6.07, 6.45) is 0.0428. The normalized spacial score (nSPS) is 18.1. The molecule has 1 aliphatic heterocycles. The molecule has 0 saturated carbocycles. The van der Waals surface area contributed by atoms with Crippen molar-refractivity contribution in [2.24, 2.45) is 0 Å². The number of hydrogen-bond acceptors (Lipinski definition) is 3. The third-order valence-corrected chi connectivity index (χ3v) is 4.42. The smallest absolute Gasteiger partial charge is 0.150 e. The molecular formula is C12H9BrClNOS. The van der Waals surface area contributed by atoms with Gasteiger partial charge in [-0.1, -0.05) is 27.5 Å². The van der Waals surface area contributed by atoms with E-state index in [1.54, 1.807) is 11.3 Å². The molecule has 2 heterocycles. The molecule has 1 aromatic heterocycles. The third-order valence-electron chi connectivity index (χ3n) is 2.60. The highest BCUT2D eigenvalue weighted by molar-refractivity contribution is 9.10. The number of anilines is 1. The highest BCUT2D eigenvalue weighted by atomic mass is 79.9. The lowest BCUT2D eigenvalue weighted by Crippen LogP contribution is -2.22. The van der Waals surface area contributed by atoms with E-state index in [9.17, 15) is 0 Å². The van der Waals surface area contributed by atoms with Crippen molar-refractivity contribution >= 4 is 44.6 Å². The van der Waals surface area contributed by atoms with Crippen molar-refractivity contribution in [1.29, 1.82) is 0 Å². The standard InChI is InChI=1S/C12H9BrClNOS/c13-7-1-2-9-8(5-7)15-6-10(16-9)11-3-4-12(14)17-11/h1-5,10,15H,6H2. The minimum atomic E-state index is 0.0428. The van der Waals surface area contributed by atoms with E-state index in [1.807, 2.05) is 30.3 Å². The first-order valence-corrected chi connectivity index (χ1v) is 7.16. The minimum absolute atomic E-state index is 0.0428. The van der Waals surface area contributed by atoms with Crippen LogP contribution in [-0.2, 0) is 0 Å². The van der Waals surface area contributed by atoms with E-state index in [-0.39, 0.29) is 6.10 Å². The topological polar surface area (TPSA) is 21.3 Å². The van der Waals surface area contributed by atoms with Crippen LogP contribution in [0.3, 0.4) is 0 Å². The van der Waals surface area contributed by atoms with Gasteiger partial charge >= 0.3 is 0 Å². The van der Waals surface area contributed by atoms with Crippen molar-refractivity contribution in [2.45, 2.75) is 6.10 Å². The Kier molecular flexibility index (Phi) is 3.03. The number of nitrogens with one attached hydrogen (secondary N) is 1. The number of ether oxygens (including phenoxy) is 1. The highest BCUT2D eigenvalue weighted by Gasteiger charge is 2.22. The van der Waals surface area contributed by atoms with Crippen LogP contribution in [0.15, 0.2) is 34.8 Å². The first kappa shape index (κ1) is 11.4. The summed E-state index contributed by atoms with van der Waals surface area (Å²) < 4.78 is 7.80. The zero-order chi connectivity index (χ0) is 11.8.